The molecule has 0 heterocycles. The number of carboxylic acids is 1. The van der Waals surface area contributed by atoms with Crippen LogP contribution in [0.1, 0.15) is 72.8 Å². The van der Waals surface area contributed by atoms with Gasteiger partial charge in [0, 0.05) is 31.0 Å². The maximum Gasteiger partial charge on any atom is 0.333 e. The van der Waals surface area contributed by atoms with Crippen LogP contribution in [0, 0.1) is 5.82 Å². The van der Waals surface area contributed by atoms with Gasteiger partial charge in [0.1, 0.15) is 12.6 Å². The van der Waals surface area contributed by atoms with Crippen molar-refractivity contribution in [3.8, 4) is 0 Å². The molecular weight excluding hydrogens is 475 g/mol. The van der Waals surface area contributed by atoms with Crippen LogP contribution >= 0.6 is 0 Å². The molecule has 8 heteroatoms. The number of allylic oxidation sites excluding steroid dienone is 2. The molecule has 0 aromatic heterocycles. The van der Waals surface area contributed by atoms with Crippen molar-refractivity contribution in [1.82, 2.24) is 10.2 Å². The van der Waals surface area contributed by atoms with Crippen LogP contribution in [0.25, 0.3) is 0 Å². The Bertz CT molecular complexity index is 936. The second kappa shape index (κ2) is 19.2. The molecule has 0 saturated heterocycles. The van der Waals surface area contributed by atoms with E-state index in [2.05, 4.69) is 16.6 Å². The van der Waals surface area contributed by atoms with Crippen molar-refractivity contribution < 1.29 is 28.9 Å². The third-order valence-corrected chi connectivity index (χ3v) is 5.64. The summed E-state index contributed by atoms with van der Waals surface area (Å²) in [6.45, 7) is 16.3. The quantitative estimate of drug-likeness (QED) is 0.121. The number of nitrogens with one attached hydrogen (secondary N) is 1. The predicted octanol–water partition coefficient (Wildman–Crippen LogP) is 5.57. The SMILES string of the molecule is C=C(C)CC(=O)N(CCCc1cccc(F)c1)C/C(N/C(C)=C(\C)C(=O)O)=C(/C)CC.CCCOCO. The zero-order valence-electron chi connectivity index (χ0n) is 23.3. The third kappa shape index (κ3) is 15.0. The van der Waals surface area contributed by atoms with Gasteiger partial charge in [0.05, 0.1) is 12.1 Å². The number of halogens is 1. The summed E-state index contributed by atoms with van der Waals surface area (Å²) in [5.74, 6) is -1.29. The smallest absolute Gasteiger partial charge is 0.333 e. The van der Waals surface area contributed by atoms with Gasteiger partial charge in [-0.1, -0.05) is 43.7 Å². The van der Waals surface area contributed by atoms with Crippen LogP contribution in [-0.2, 0) is 20.7 Å². The molecule has 37 heavy (non-hydrogen) atoms. The minimum atomic E-state index is -0.983. The fourth-order valence-corrected chi connectivity index (χ4v) is 3.20. The van der Waals surface area contributed by atoms with Crippen molar-refractivity contribution >= 4 is 11.9 Å². The van der Waals surface area contributed by atoms with Crippen molar-refractivity contribution in [2.75, 3.05) is 26.5 Å². The zero-order valence-corrected chi connectivity index (χ0v) is 23.3. The number of carbonyl (C=O) groups excluding carboxylic acids is 1. The lowest BCUT2D eigenvalue weighted by Gasteiger charge is -2.27. The predicted molar refractivity (Wildman–Crippen MR) is 146 cm³/mol. The van der Waals surface area contributed by atoms with Crippen LogP contribution in [-0.4, -0.2) is 53.5 Å². The molecule has 0 spiro atoms. The molecule has 0 bridgehead atoms. The molecular formula is C29H45FN2O5. The van der Waals surface area contributed by atoms with E-state index in [4.69, 9.17) is 5.11 Å². The van der Waals surface area contributed by atoms with Crippen LogP contribution in [0.4, 0.5) is 4.39 Å². The molecule has 1 aromatic rings. The van der Waals surface area contributed by atoms with Gasteiger partial charge in [0.25, 0.3) is 0 Å². The Morgan fingerprint density at radius 3 is 2.32 bits per heavy atom. The molecule has 0 aliphatic rings. The normalized spacial score (nSPS) is 12.0. The fraction of sp³-hybridized carbons (Fsp3) is 0.517. The molecule has 0 atom stereocenters. The first-order chi connectivity index (χ1) is 17.5. The number of carboxylic acid groups (broad SMARTS) is 1. The van der Waals surface area contributed by atoms with Crippen molar-refractivity contribution in [3.63, 3.8) is 0 Å². The number of aliphatic hydroxyl groups is 1. The molecule has 1 amide bonds. The second-order valence-corrected chi connectivity index (χ2v) is 9.01. The molecule has 0 aliphatic heterocycles. The number of hydrogen-bond acceptors (Lipinski definition) is 5. The van der Waals surface area contributed by atoms with Crippen molar-refractivity contribution in [2.45, 2.75) is 73.6 Å². The van der Waals surface area contributed by atoms with Gasteiger partial charge in [-0.2, -0.15) is 0 Å². The largest absolute Gasteiger partial charge is 0.478 e. The van der Waals surface area contributed by atoms with Crippen LogP contribution in [0.2, 0.25) is 0 Å². The highest BCUT2D eigenvalue weighted by Crippen LogP contribution is 2.15. The van der Waals surface area contributed by atoms with E-state index in [9.17, 15) is 19.1 Å². The number of nitrogens with zero attached hydrogens (tertiary/aromatic N) is 1. The Balaban J connectivity index is 0.00000192. The van der Waals surface area contributed by atoms with Crippen molar-refractivity contribution in [3.05, 3.63) is 70.3 Å². The van der Waals surface area contributed by atoms with Gasteiger partial charge < -0.3 is 25.2 Å². The number of benzene rings is 1. The van der Waals surface area contributed by atoms with E-state index in [0.29, 0.717) is 38.2 Å². The molecule has 1 rings (SSSR count). The lowest BCUT2D eigenvalue weighted by molar-refractivity contribution is -0.133. The highest BCUT2D eigenvalue weighted by molar-refractivity contribution is 5.86. The summed E-state index contributed by atoms with van der Waals surface area (Å²) in [5, 5.41) is 20.5. The van der Waals surface area contributed by atoms with E-state index in [1.54, 1.807) is 24.8 Å². The fourth-order valence-electron chi connectivity index (χ4n) is 3.20. The second-order valence-electron chi connectivity index (χ2n) is 9.01. The monoisotopic (exact) mass is 520 g/mol. The summed E-state index contributed by atoms with van der Waals surface area (Å²) in [7, 11) is 0. The van der Waals surface area contributed by atoms with Crippen LogP contribution in [0.3, 0.4) is 0 Å². The summed E-state index contributed by atoms with van der Waals surface area (Å²) < 4.78 is 18.0. The van der Waals surface area contributed by atoms with Gasteiger partial charge in [-0.3, -0.25) is 4.79 Å². The highest BCUT2D eigenvalue weighted by Gasteiger charge is 2.17. The average Bonchev–Trinajstić information content (AvgIpc) is 2.85. The molecule has 208 valence electrons. The van der Waals surface area contributed by atoms with Crippen molar-refractivity contribution in [1.29, 1.82) is 0 Å². The van der Waals surface area contributed by atoms with Crippen molar-refractivity contribution in [2.24, 2.45) is 0 Å². The Morgan fingerprint density at radius 2 is 1.84 bits per heavy atom. The van der Waals surface area contributed by atoms with E-state index < -0.39 is 5.97 Å². The molecule has 0 fully saturated rings. The Kier molecular flexibility index (Phi) is 17.6. The van der Waals surface area contributed by atoms with Crippen LogP contribution < -0.4 is 5.32 Å². The number of amides is 1. The van der Waals surface area contributed by atoms with Gasteiger partial charge in [-0.05, 0) is 71.1 Å². The van der Waals surface area contributed by atoms with Crippen LogP contribution in [0.15, 0.2) is 59.0 Å². The molecule has 0 radical (unpaired) electrons. The minimum Gasteiger partial charge on any atom is -0.478 e. The molecule has 7 nitrogen and oxygen atoms in total. The lowest BCUT2D eigenvalue weighted by atomic mass is 10.1. The summed E-state index contributed by atoms with van der Waals surface area (Å²) in [6.07, 6.45) is 3.34. The molecule has 0 aliphatic carbocycles. The number of carbonyl (C=O) groups is 2. The minimum absolute atomic E-state index is 0.0356. The third-order valence-electron chi connectivity index (χ3n) is 5.64. The van der Waals surface area contributed by atoms with E-state index in [-0.39, 0.29) is 30.5 Å². The van der Waals surface area contributed by atoms with E-state index >= 15 is 0 Å². The van der Waals surface area contributed by atoms with E-state index in [1.807, 2.05) is 33.8 Å². The molecule has 0 unspecified atom stereocenters. The Morgan fingerprint density at radius 1 is 1.16 bits per heavy atom. The number of aliphatic hydroxyl groups excluding tert-OH is 1. The van der Waals surface area contributed by atoms with Gasteiger partial charge in [-0.15, -0.1) is 0 Å². The summed E-state index contributed by atoms with van der Waals surface area (Å²) in [6, 6.07) is 6.48. The molecule has 1 aromatic carbocycles. The maximum absolute atomic E-state index is 13.4. The van der Waals surface area contributed by atoms with Gasteiger partial charge >= 0.3 is 5.97 Å². The molecule has 0 saturated carbocycles. The van der Waals surface area contributed by atoms with Gasteiger partial charge in [0.2, 0.25) is 5.91 Å². The number of rotatable bonds is 15. The Hall–Kier alpha value is -2.97. The standard InChI is InChI=1S/C25H35FN2O3.C4H10O2/c1-7-18(4)23(27-20(6)19(5)25(30)31)16-28(24(29)14-17(2)3)13-9-11-21-10-8-12-22(26)15-21;1-2-3-6-4-5/h8,10,12,15,27H,2,7,9,11,13-14,16H2,1,3-6H3,(H,30,31);5H,2-4H2,1H3/b20-19+,23-18+;. The number of aliphatic carboxylic acids is 1. The van der Waals surface area contributed by atoms with Crippen LogP contribution in [0.5, 0.6) is 0 Å². The first-order valence-corrected chi connectivity index (χ1v) is 12.7. The lowest BCUT2D eigenvalue weighted by Crippen LogP contribution is -2.37. The number of aryl methyl sites for hydroxylation is 1. The highest BCUT2D eigenvalue weighted by atomic mass is 19.1. The number of hydrogen-bond donors (Lipinski definition) is 3. The topological polar surface area (TPSA) is 99.1 Å². The first-order valence-electron chi connectivity index (χ1n) is 12.7. The summed E-state index contributed by atoms with van der Waals surface area (Å²) in [4.78, 5) is 25.9. The average molecular weight is 521 g/mol. The maximum atomic E-state index is 13.4. The van der Waals surface area contributed by atoms with Gasteiger partial charge in [-0.25, -0.2) is 9.18 Å². The van der Waals surface area contributed by atoms with E-state index in [0.717, 1.165) is 35.2 Å². The summed E-state index contributed by atoms with van der Waals surface area (Å²) >= 11 is 0. The zero-order chi connectivity index (χ0) is 28.4. The van der Waals surface area contributed by atoms with Gasteiger partial charge in [0.15, 0.2) is 0 Å². The Labute approximate surface area is 221 Å². The summed E-state index contributed by atoms with van der Waals surface area (Å²) in [5.41, 5.74) is 4.32. The molecule has 3 N–H and O–H groups in total. The first kappa shape index (κ1) is 34.0. The van der Waals surface area contributed by atoms with E-state index in [1.165, 1.54) is 12.1 Å². The number of ether oxygens (including phenoxy) is 1.